The van der Waals surface area contributed by atoms with Gasteiger partial charge < -0.3 is 29.9 Å². The number of ether oxygens (including phenoxy) is 2. The summed E-state index contributed by atoms with van der Waals surface area (Å²) in [4.78, 5) is 42.2. The zero-order chi connectivity index (χ0) is 28.2. The van der Waals surface area contributed by atoms with Crippen molar-refractivity contribution in [3.8, 4) is 5.69 Å². The molecule has 0 spiro atoms. The zero-order valence-electron chi connectivity index (χ0n) is 21.9. The summed E-state index contributed by atoms with van der Waals surface area (Å²) in [5.41, 5.74) is 1.08. The molecule has 0 bridgehead atoms. The first-order chi connectivity index (χ1) is 19.4. The van der Waals surface area contributed by atoms with Gasteiger partial charge in [0.25, 0.3) is 0 Å². The van der Waals surface area contributed by atoms with Crippen LogP contribution in [-0.4, -0.2) is 111 Å². The van der Waals surface area contributed by atoms with Crippen LogP contribution < -0.4 is 15.5 Å². The predicted molar refractivity (Wildman–Crippen MR) is 139 cm³/mol. The second kappa shape index (κ2) is 11.9. The van der Waals surface area contributed by atoms with Crippen molar-refractivity contribution in [2.75, 3.05) is 63.3 Å². The molecular weight excluding hydrogens is 530 g/mol. The van der Waals surface area contributed by atoms with Crippen molar-refractivity contribution < 1.29 is 27.8 Å². The third kappa shape index (κ3) is 5.72. The van der Waals surface area contributed by atoms with E-state index < -0.39 is 6.55 Å². The van der Waals surface area contributed by atoms with Gasteiger partial charge in [0.2, 0.25) is 17.8 Å². The van der Waals surface area contributed by atoms with Crippen LogP contribution in [0.4, 0.5) is 20.5 Å². The number of nitrogens with zero attached hydrogens (tertiary/aromatic N) is 8. The Morgan fingerprint density at radius 2 is 2.08 bits per heavy atom. The van der Waals surface area contributed by atoms with Crippen molar-refractivity contribution in [3.05, 3.63) is 31.4 Å². The number of fused-ring (bicyclic) bond motifs is 1. The number of amides is 2. The quantitative estimate of drug-likeness (QED) is 0.357. The molecule has 0 radical (unpaired) electrons. The molecule has 0 aromatic carbocycles. The van der Waals surface area contributed by atoms with E-state index in [9.17, 15) is 18.4 Å². The number of alkyl halides is 2. The Bertz CT molecular complexity index is 1370. The minimum absolute atomic E-state index is 0.118. The van der Waals surface area contributed by atoms with Gasteiger partial charge in [0, 0.05) is 33.3 Å². The Balaban J connectivity index is 1.35. The fourth-order valence-corrected chi connectivity index (χ4v) is 4.74. The fourth-order valence-electron chi connectivity index (χ4n) is 4.74. The van der Waals surface area contributed by atoms with Crippen molar-refractivity contribution in [1.82, 2.24) is 39.5 Å². The topological polar surface area (TPSA) is 145 Å². The smallest absolute Gasteiger partial charge is 0.333 e. The van der Waals surface area contributed by atoms with E-state index >= 15 is 0 Å². The summed E-state index contributed by atoms with van der Waals surface area (Å²) in [6.45, 7) is 3.57. The van der Waals surface area contributed by atoms with Gasteiger partial charge in [0.05, 0.1) is 50.0 Å². The van der Waals surface area contributed by atoms with E-state index in [2.05, 4.69) is 37.3 Å². The van der Waals surface area contributed by atoms with Crippen LogP contribution in [0.1, 0.15) is 13.0 Å². The lowest BCUT2D eigenvalue weighted by Gasteiger charge is -2.37. The molecule has 3 aromatic rings. The van der Waals surface area contributed by atoms with E-state index in [0.29, 0.717) is 79.1 Å². The standard InChI is InChI=1S/C24H30F2N10O4/c1-3-19(38)34-5-4-16(17(13-34)39-2)30-18(37)11-27-21-20-22(32-24(31-21)33-6-8-40-9-7-33)35(14-28-20)15-10-29-36(12-15)23(25)26/h3,10,12,14,16-17,23H,1,4-9,11,13H2,2H3,(H,30,37)(H,27,31,32)/t16-,17+/m0/s1. The first-order valence-electron chi connectivity index (χ1n) is 12.8. The van der Waals surface area contributed by atoms with Gasteiger partial charge >= 0.3 is 6.55 Å². The molecule has 16 heteroatoms. The van der Waals surface area contributed by atoms with Gasteiger partial charge in [-0.15, -0.1) is 0 Å². The van der Waals surface area contributed by atoms with Crippen molar-refractivity contribution in [2.24, 2.45) is 0 Å². The molecule has 2 N–H and O–H groups in total. The molecule has 2 atom stereocenters. The minimum atomic E-state index is -2.79. The summed E-state index contributed by atoms with van der Waals surface area (Å²) in [7, 11) is 1.54. The molecule has 5 heterocycles. The van der Waals surface area contributed by atoms with Crippen molar-refractivity contribution >= 4 is 34.7 Å². The van der Waals surface area contributed by atoms with Gasteiger partial charge in [0.1, 0.15) is 6.33 Å². The lowest BCUT2D eigenvalue weighted by Crippen LogP contribution is -2.56. The van der Waals surface area contributed by atoms with Gasteiger partial charge in [-0.2, -0.15) is 23.8 Å². The summed E-state index contributed by atoms with van der Waals surface area (Å²) in [6.07, 6.45) is 5.36. The largest absolute Gasteiger partial charge is 0.378 e. The van der Waals surface area contributed by atoms with Gasteiger partial charge in [-0.3, -0.25) is 14.2 Å². The van der Waals surface area contributed by atoms with E-state index in [0.717, 1.165) is 0 Å². The molecule has 2 fully saturated rings. The van der Waals surface area contributed by atoms with Crippen LogP contribution in [0, 0.1) is 0 Å². The molecule has 0 unspecified atom stereocenters. The van der Waals surface area contributed by atoms with Gasteiger partial charge in [-0.25, -0.2) is 9.67 Å². The SMILES string of the molecule is C=CC(=O)N1CC[C@H](NC(=O)CNc2nc(N3CCOCC3)nc3c2ncn3-c2cnn(C(F)F)c2)[C@H](OC)C1. The normalized spacial score (nSPS) is 19.7. The molecule has 3 aromatic heterocycles. The van der Waals surface area contributed by atoms with Crippen LogP contribution in [0.25, 0.3) is 16.9 Å². The fraction of sp³-hybridized carbons (Fsp3) is 0.500. The van der Waals surface area contributed by atoms with E-state index in [1.165, 1.54) is 31.9 Å². The van der Waals surface area contributed by atoms with E-state index in [-0.39, 0.29) is 30.5 Å². The zero-order valence-corrected chi connectivity index (χ0v) is 21.9. The molecule has 214 valence electrons. The van der Waals surface area contributed by atoms with Crippen molar-refractivity contribution in [3.63, 3.8) is 0 Å². The highest BCUT2D eigenvalue weighted by atomic mass is 19.3. The number of halogens is 2. The maximum Gasteiger partial charge on any atom is 0.333 e. The monoisotopic (exact) mass is 560 g/mol. The maximum atomic E-state index is 13.1. The predicted octanol–water partition coefficient (Wildman–Crippen LogP) is 0.574. The number of morpholine rings is 1. The number of methoxy groups -OCH3 is 1. The molecular formula is C24H30F2N10O4. The van der Waals surface area contributed by atoms with Gasteiger partial charge in [-0.1, -0.05) is 6.58 Å². The second-order valence-electron chi connectivity index (χ2n) is 9.29. The maximum absolute atomic E-state index is 13.1. The third-order valence-electron chi connectivity index (χ3n) is 6.86. The number of rotatable bonds is 9. The van der Waals surface area contributed by atoms with Gasteiger partial charge in [0.15, 0.2) is 17.0 Å². The Morgan fingerprint density at radius 1 is 1.27 bits per heavy atom. The number of imidazole rings is 1. The Morgan fingerprint density at radius 3 is 2.77 bits per heavy atom. The first-order valence-corrected chi connectivity index (χ1v) is 12.8. The molecule has 2 amide bonds. The van der Waals surface area contributed by atoms with E-state index in [4.69, 9.17) is 9.47 Å². The number of aromatic nitrogens is 6. The molecule has 2 saturated heterocycles. The highest BCUT2D eigenvalue weighted by Gasteiger charge is 2.32. The average Bonchev–Trinajstić information content (AvgIpc) is 3.64. The van der Waals surface area contributed by atoms with E-state index in [1.54, 1.807) is 9.47 Å². The lowest BCUT2D eigenvalue weighted by atomic mass is 10.0. The van der Waals surface area contributed by atoms with E-state index in [1.807, 2.05) is 4.90 Å². The van der Waals surface area contributed by atoms with Crippen LogP contribution in [0.3, 0.4) is 0 Å². The molecule has 14 nitrogen and oxygen atoms in total. The number of likely N-dealkylation sites (tertiary alicyclic amines) is 1. The average molecular weight is 561 g/mol. The number of carbonyl (C=O) groups excluding carboxylic acids is 2. The highest BCUT2D eigenvalue weighted by molar-refractivity contribution is 5.89. The van der Waals surface area contributed by atoms with Crippen LogP contribution in [0.5, 0.6) is 0 Å². The summed E-state index contributed by atoms with van der Waals surface area (Å²) in [5, 5.41) is 9.73. The molecule has 0 saturated carbocycles. The van der Waals surface area contributed by atoms with Crippen LogP contribution in [-0.2, 0) is 19.1 Å². The van der Waals surface area contributed by atoms with Gasteiger partial charge in [-0.05, 0) is 12.5 Å². The lowest BCUT2D eigenvalue weighted by molar-refractivity contribution is -0.131. The summed E-state index contributed by atoms with van der Waals surface area (Å²) in [5.74, 6) is 0.225. The Kier molecular flexibility index (Phi) is 8.16. The molecule has 5 rings (SSSR count). The number of hydrogen-bond donors (Lipinski definition) is 2. The summed E-state index contributed by atoms with van der Waals surface area (Å²) in [6, 6.07) is -0.284. The number of piperidine rings is 1. The third-order valence-corrected chi connectivity index (χ3v) is 6.86. The highest BCUT2D eigenvalue weighted by Crippen LogP contribution is 2.26. The van der Waals surface area contributed by atoms with Crippen molar-refractivity contribution in [2.45, 2.75) is 25.1 Å². The number of hydrogen-bond acceptors (Lipinski definition) is 10. The molecule has 0 aliphatic carbocycles. The summed E-state index contributed by atoms with van der Waals surface area (Å²) >= 11 is 0. The van der Waals surface area contributed by atoms with Crippen LogP contribution >= 0.6 is 0 Å². The van der Waals surface area contributed by atoms with Crippen molar-refractivity contribution in [1.29, 1.82) is 0 Å². The molecule has 40 heavy (non-hydrogen) atoms. The summed E-state index contributed by atoms with van der Waals surface area (Å²) < 4.78 is 39.3. The molecule has 2 aliphatic rings. The Hall–Kier alpha value is -4.18. The minimum Gasteiger partial charge on any atom is -0.378 e. The first kappa shape index (κ1) is 27.4. The van der Waals surface area contributed by atoms with Crippen LogP contribution in [0.15, 0.2) is 31.4 Å². The number of carbonyl (C=O) groups is 2. The number of anilines is 2. The van der Waals surface area contributed by atoms with Crippen LogP contribution in [0.2, 0.25) is 0 Å². The Labute approximate surface area is 227 Å². The second-order valence-corrected chi connectivity index (χ2v) is 9.29. The number of nitrogens with one attached hydrogen (secondary N) is 2. The molecule has 2 aliphatic heterocycles.